The maximum atomic E-state index is 6.39. The quantitative estimate of drug-likeness (QED) is 0.945. The van der Waals surface area contributed by atoms with Gasteiger partial charge in [0.15, 0.2) is 0 Å². The molecule has 0 saturated carbocycles. The first-order valence-electron chi connectivity index (χ1n) is 5.50. The number of aromatic nitrogens is 2. The number of benzene rings is 1. The molecule has 0 radical (unpaired) electrons. The van der Waals surface area contributed by atoms with Gasteiger partial charge in [-0.15, -0.1) is 0 Å². The van der Waals surface area contributed by atoms with Crippen LogP contribution in [-0.4, -0.2) is 9.78 Å². The van der Waals surface area contributed by atoms with Gasteiger partial charge < -0.3 is 5.73 Å². The monoisotopic (exact) mass is 293 g/mol. The van der Waals surface area contributed by atoms with E-state index in [1.165, 1.54) is 0 Å². The highest BCUT2D eigenvalue weighted by Gasteiger charge is 2.22. The Bertz CT molecular complexity index is 517. The largest absolute Gasteiger partial charge is 0.321 e. The zero-order chi connectivity index (χ0) is 12.5. The summed E-state index contributed by atoms with van der Waals surface area (Å²) in [4.78, 5) is 0. The second-order valence-corrected chi connectivity index (χ2v) is 5.54. The lowest BCUT2D eigenvalue weighted by Crippen LogP contribution is -2.35. The van der Waals surface area contributed by atoms with Crippen molar-refractivity contribution in [1.29, 1.82) is 0 Å². The molecule has 0 bridgehead atoms. The average molecular weight is 294 g/mol. The van der Waals surface area contributed by atoms with E-state index in [0.717, 1.165) is 22.0 Å². The minimum absolute atomic E-state index is 0.382. The van der Waals surface area contributed by atoms with Crippen LogP contribution in [0.2, 0.25) is 0 Å². The molecule has 2 rings (SSSR count). The Morgan fingerprint density at radius 3 is 2.82 bits per heavy atom. The smallest absolute Gasteiger partial charge is 0.0522 e. The van der Waals surface area contributed by atoms with E-state index in [9.17, 15) is 0 Å². The molecule has 0 saturated heterocycles. The molecule has 0 spiro atoms. The highest BCUT2D eigenvalue weighted by molar-refractivity contribution is 9.10. The molecule has 1 aromatic heterocycles. The predicted molar refractivity (Wildman–Crippen MR) is 72.6 cm³/mol. The van der Waals surface area contributed by atoms with Gasteiger partial charge in [0.1, 0.15) is 0 Å². The number of rotatable bonds is 3. The maximum Gasteiger partial charge on any atom is 0.0522 e. The van der Waals surface area contributed by atoms with Crippen LogP contribution in [0.25, 0.3) is 0 Å². The topological polar surface area (TPSA) is 43.8 Å². The van der Waals surface area contributed by atoms with Gasteiger partial charge in [0, 0.05) is 23.3 Å². The minimum Gasteiger partial charge on any atom is -0.321 e. The fourth-order valence-corrected chi connectivity index (χ4v) is 2.33. The second kappa shape index (κ2) is 4.63. The highest BCUT2D eigenvalue weighted by Crippen LogP contribution is 2.25. The van der Waals surface area contributed by atoms with E-state index in [4.69, 9.17) is 5.73 Å². The summed E-state index contributed by atoms with van der Waals surface area (Å²) >= 11 is 3.47. The van der Waals surface area contributed by atoms with E-state index in [1.807, 2.05) is 38.5 Å². The molecule has 0 aliphatic carbocycles. The van der Waals surface area contributed by atoms with Gasteiger partial charge in [-0.1, -0.05) is 28.1 Å². The van der Waals surface area contributed by atoms with Crippen LogP contribution < -0.4 is 5.73 Å². The van der Waals surface area contributed by atoms with Gasteiger partial charge in [0.05, 0.1) is 6.20 Å². The standard InChI is InChI=1S/C13H16BrN3/c1-13(15,7-10-8-16-17(2)9-10)11-4-3-5-12(14)6-11/h3-6,8-9H,7,15H2,1-2H3. The third-order valence-corrected chi connectivity index (χ3v) is 3.31. The van der Waals surface area contributed by atoms with Crippen LogP contribution in [0.15, 0.2) is 41.1 Å². The van der Waals surface area contributed by atoms with Gasteiger partial charge in [-0.05, 0) is 36.6 Å². The molecule has 17 heavy (non-hydrogen) atoms. The molecule has 2 aromatic rings. The molecule has 1 atom stereocenters. The van der Waals surface area contributed by atoms with Crippen LogP contribution in [0, 0.1) is 0 Å². The van der Waals surface area contributed by atoms with Gasteiger partial charge in [-0.25, -0.2) is 0 Å². The van der Waals surface area contributed by atoms with Crippen molar-refractivity contribution in [2.75, 3.05) is 0 Å². The molecule has 1 heterocycles. The highest BCUT2D eigenvalue weighted by atomic mass is 79.9. The van der Waals surface area contributed by atoms with E-state index in [2.05, 4.69) is 33.2 Å². The second-order valence-electron chi connectivity index (χ2n) is 4.63. The van der Waals surface area contributed by atoms with Crippen LogP contribution in [0.1, 0.15) is 18.1 Å². The lowest BCUT2D eigenvalue weighted by atomic mass is 9.88. The molecule has 0 aliphatic rings. The van der Waals surface area contributed by atoms with Crippen LogP contribution >= 0.6 is 15.9 Å². The zero-order valence-electron chi connectivity index (χ0n) is 10.0. The Morgan fingerprint density at radius 2 is 2.24 bits per heavy atom. The molecule has 1 unspecified atom stereocenters. The van der Waals surface area contributed by atoms with Crippen molar-refractivity contribution < 1.29 is 0 Å². The fraction of sp³-hybridized carbons (Fsp3) is 0.308. The summed E-state index contributed by atoms with van der Waals surface area (Å²) in [6, 6.07) is 8.13. The summed E-state index contributed by atoms with van der Waals surface area (Å²) in [7, 11) is 1.91. The Balaban J connectivity index is 2.24. The predicted octanol–water partition coefficient (Wildman–Crippen LogP) is 2.60. The van der Waals surface area contributed by atoms with Crippen molar-refractivity contribution in [3.8, 4) is 0 Å². The van der Waals surface area contributed by atoms with Crippen LogP contribution in [0.5, 0.6) is 0 Å². The van der Waals surface area contributed by atoms with Crippen molar-refractivity contribution >= 4 is 15.9 Å². The first-order valence-corrected chi connectivity index (χ1v) is 6.29. The van der Waals surface area contributed by atoms with E-state index in [0.29, 0.717) is 0 Å². The average Bonchev–Trinajstić information content (AvgIpc) is 2.63. The third kappa shape index (κ3) is 2.96. The number of hydrogen-bond acceptors (Lipinski definition) is 2. The molecule has 0 amide bonds. The van der Waals surface area contributed by atoms with Crippen molar-refractivity contribution in [2.24, 2.45) is 12.8 Å². The van der Waals surface area contributed by atoms with Gasteiger partial charge >= 0.3 is 0 Å². The van der Waals surface area contributed by atoms with Crippen LogP contribution in [-0.2, 0) is 19.0 Å². The summed E-state index contributed by atoms with van der Waals surface area (Å²) in [5.74, 6) is 0. The first kappa shape index (κ1) is 12.3. The van der Waals surface area contributed by atoms with Gasteiger partial charge in [-0.3, -0.25) is 4.68 Å². The third-order valence-electron chi connectivity index (χ3n) is 2.81. The number of nitrogens with two attached hydrogens (primary N) is 1. The van der Waals surface area contributed by atoms with E-state index < -0.39 is 0 Å². The van der Waals surface area contributed by atoms with E-state index >= 15 is 0 Å². The molecule has 4 heteroatoms. The fourth-order valence-electron chi connectivity index (χ4n) is 1.93. The lowest BCUT2D eigenvalue weighted by molar-refractivity contribution is 0.491. The Labute approximate surface area is 110 Å². The van der Waals surface area contributed by atoms with Gasteiger partial charge in [0.25, 0.3) is 0 Å². The zero-order valence-corrected chi connectivity index (χ0v) is 11.6. The molecular weight excluding hydrogens is 278 g/mol. The number of hydrogen-bond donors (Lipinski definition) is 1. The number of halogens is 1. The molecule has 0 aliphatic heterocycles. The molecule has 2 N–H and O–H groups in total. The van der Waals surface area contributed by atoms with Crippen LogP contribution in [0.4, 0.5) is 0 Å². The van der Waals surface area contributed by atoms with Crippen molar-refractivity contribution in [3.63, 3.8) is 0 Å². The number of aryl methyl sites for hydroxylation is 1. The Kier molecular flexibility index (Phi) is 3.35. The minimum atomic E-state index is -0.382. The SMILES string of the molecule is Cn1cc(CC(C)(N)c2cccc(Br)c2)cn1. The van der Waals surface area contributed by atoms with Gasteiger partial charge in [0.2, 0.25) is 0 Å². The van der Waals surface area contributed by atoms with Crippen molar-refractivity contribution in [1.82, 2.24) is 9.78 Å². The van der Waals surface area contributed by atoms with Crippen molar-refractivity contribution in [3.05, 3.63) is 52.3 Å². The Hall–Kier alpha value is -1.13. The summed E-state index contributed by atoms with van der Waals surface area (Å²) in [5, 5.41) is 4.16. The van der Waals surface area contributed by atoms with Crippen LogP contribution in [0.3, 0.4) is 0 Å². The molecular formula is C13H16BrN3. The Morgan fingerprint density at radius 1 is 1.47 bits per heavy atom. The summed E-state index contributed by atoms with van der Waals surface area (Å²) < 4.78 is 2.85. The molecule has 1 aromatic carbocycles. The number of nitrogens with zero attached hydrogens (tertiary/aromatic N) is 2. The maximum absolute atomic E-state index is 6.39. The first-order chi connectivity index (χ1) is 7.97. The molecule has 3 nitrogen and oxygen atoms in total. The summed E-state index contributed by atoms with van der Waals surface area (Å²) in [6.07, 6.45) is 4.64. The summed E-state index contributed by atoms with van der Waals surface area (Å²) in [6.45, 7) is 2.04. The van der Waals surface area contributed by atoms with E-state index in [1.54, 1.807) is 4.68 Å². The summed E-state index contributed by atoms with van der Waals surface area (Å²) in [5.41, 5.74) is 8.28. The van der Waals surface area contributed by atoms with Gasteiger partial charge in [-0.2, -0.15) is 5.10 Å². The normalized spacial score (nSPS) is 14.6. The van der Waals surface area contributed by atoms with Crippen molar-refractivity contribution in [2.45, 2.75) is 18.9 Å². The molecule has 0 fully saturated rings. The molecule has 90 valence electrons. The lowest BCUT2D eigenvalue weighted by Gasteiger charge is -2.24. The van der Waals surface area contributed by atoms with E-state index in [-0.39, 0.29) is 5.54 Å².